The molecule has 0 aliphatic heterocycles. The summed E-state index contributed by atoms with van der Waals surface area (Å²) in [7, 11) is 0. The van der Waals surface area contributed by atoms with Gasteiger partial charge in [-0.05, 0) is 13.8 Å². The maximum atomic E-state index is 7.98. The van der Waals surface area contributed by atoms with Crippen molar-refractivity contribution >= 4 is 23.2 Å². The minimum absolute atomic E-state index is 0.0833. The maximum Gasteiger partial charge on any atom is 0.0612 e. The standard InChI is InChI=1S/C4H7Cl.C4H8O.C3H5Cl.C3H6O/c2*1-2-3-4-5;2*1-2-3-4/h2-3H,4H2,1H3;2-3,5H,4H2,1H3;2H,1,3H2;2,4H,1,3H2. The molecule has 0 aliphatic carbocycles. The summed E-state index contributed by atoms with van der Waals surface area (Å²) in [6, 6.07) is 0. The van der Waals surface area contributed by atoms with Crippen molar-refractivity contribution in [2.45, 2.75) is 13.8 Å². The second-order valence-electron chi connectivity index (χ2n) is 2.39. The number of allylic oxidation sites excluding steroid dienone is 4. The first-order valence-electron chi connectivity index (χ1n) is 5.44. The Morgan fingerprint density at radius 3 is 1.22 bits per heavy atom. The van der Waals surface area contributed by atoms with Crippen molar-refractivity contribution in [1.82, 2.24) is 0 Å². The lowest BCUT2D eigenvalue weighted by Gasteiger charge is -1.66. The fourth-order valence-electron chi connectivity index (χ4n) is 0.194. The molecule has 0 heterocycles. The summed E-state index contributed by atoms with van der Waals surface area (Å²) in [4.78, 5) is 0. The lowest BCUT2D eigenvalue weighted by Crippen LogP contribution is -1.65. The van der Waals surface area contributed by atoms with Gasteiger partial charge in [0, 0.05) is 11.8 Å². The first-order chi connectivity index (χ1) is 8.66. The summed E-state index contributed by atoms with van der Waals surface area (Å²) < 4.78 is 0. The molecule has 0 aromatic rings. The van der Waals surface area contributed by atoms with Crippen LogP contribution in [0, 0.1) is 0 Å². The van der Waals surface area contributed by atoms with E-state index in [9.17, 15) is 0 Å². The number of rotatable bonds is 4. The molecule has 18 heavy (non-hydrogen) atoms. The Labute approximate surface area is 122 Å². The van der Waals surface area contributed by atoms with Crippen molar-refractivity contribution in [3.63, 3.8) is 0 Å². The molecule has 2 nitrogen and oxygen atoms in total. The molecule has 0 saturated carbocycles. The van der Waals surface area contributed by atoms with E-state index in [2.05, 4.69) is 13.2 Å². The average molecular weight is 297 g/mol. The lowest BCUT2D eigenvalue weighted by molar-refractivity contribution is 0.342. The van der Waals surface area contributed by atoms with Crippen molar-refractivity contribution in [1.29, 1.82) is 0 Å². The third-order valence-corrected chi connectivity index (χ3v) is 1.30. The van der Waals surface area contributed by atoms with Crippen LogP contribution in [0.25, 0.3) is 0 Å². The highest BCUT2D eigenvalue weighted by molar-refractivity contribution is 6.19. The molecule has 0 saturated heterocycles. The molecule has 108 valence electrons. The smallest absolute Gasteiger partial charge is 0.0612 e. The van der Waals surface area contributed by atoms with Crippen molar-refractivity contribution in [2.75, 3.05) is 25.0 Å². The Morgan fingerprint density at radius 2 is 1.22 bits per heavy atom. The van der Waals surface area contributed by atoms with Gasteiger partial charge in [-0.25, -0.2) is 0 Å². The van der Waals surface area contributed by atoms with Gasteiger partial charge in [-0.1, -0.05) is 36.5 Å². The molecule has 0 bridgehead atoms. The second-order valence-corrected chi connectivity index (χ2v) is 3.01. The van der Waals surface area contributed by atoms with Gasteiger partial charge in [0.15, 0.2) is 0 Å². The molecule has 0 aromatic carbocycles. The van der Waals surface area contributed by atoms with E-state index in [4.69, 9.17) is 33.4 Å². The zero-order chi connectivity index (χ0) is 15.1. The summed E-state index contributed by atoms with van der Waals surface area (Å²) in [5.74, 6) is 1.19. The van der Waals surface area contributed by atoms with Crippen LogP contribution in [0.3, 0.4) is 0 Å². The average Bonchev–Trinajstić information content (AvgIpc) is 2.42. The van der Waals surface area contributed by atoms with Crippen LogP contribution in [0.4, 0.5) is 0 Å². The first-order valence-corrected chi connectivity index (χ1v) is 6.51. The Bertz CT molecular complexity index is 159. The summed E-state index contributed by atoms with van der Waals surface area (Å²) in [6.07, 6.45) is 10.4. The SMILES string of the molecule is C=CCCl.C=CCO.CC=CCCl.CC=CCO. The van der Waals surface area contributed by atoms with Gasteiger partial charge in [0.25, 0.3) is 0 Å². The van der Waals surface area contributed by atoms with Gasteiger partial charge in [0.1, 0.15) is 0 Å². The van der Waals surface area contributed by atoms with Crippen LogP contribution in [-0.4, -0.2) is 35.2 Å². The van der Waals surface area contributed by atoms with Crippen molar-refractivity contribution in [3.05, 3.63) is 49.6 Å². The monoisotopic (exact) mass is 296 g/mol. The molecular formula is C14H26Cl2O2. The molecule has 0 spiro atoms. The van der Waals surface area contributed by atoms with E-state index in [1.54, 1.807) is 18.2 Å². The van der Waals surface area contributed by atoms with E-state index in [0.717, 1.165) is 0 Å². The van der Waals surface area contributed by atoms with Crippen LogP contribution >= 0.6 is 23.2 Å². The maximum absolute atomic E-state index is 7.98. The molecule has 0 unspecified atom stereocenters. The topological polar surface area (TPSA) is 40.5 Å². The molecule has 0 amide bonds. The summed E-state index contributed by atoms with van der Waals surface area (Å²) >= 11 is 10.3. The van der Waals surface area contributed by atoms with Gasteiger partial charge in [-0.15, -0.1) is 36.4 Å². The van der Waals surface area contributed by atoms with Gasteiger partial charge in [-0.2, -0.15) is 0 Å². The normalized spacial score (nSPS) is 8.33. The highest BCUT2D eigenvalue weighted by Crippen LogP contribution is 1.73. The van der Waals surface area contributed by atoms with E-state index >= 15 is 0 Å². The van der Waals surface area contributed by atoms with E-state index in [1.165, 1.54) is 6.08 Å². The van der Waals surface area contributed by atoms with Gasteiger partial charge >= 0.3 is 0 Å². The van der Waals surface area contributed by atoms with Gasteiger partial charge in [0.05, 0.1) is 13.2 Å². The summed E-state index contributed by atoms with van der Waals surface area (Å²) in [5, 5.41) is 15.7. The molecular weight excluding hydrogens is 271 g/mol. The van der Waals surface area contributed by atoms with Crippen molar-refractivity contribution in [2.24, 2.45) is 0 Å². The molecule has 0 aromatic heterocycles. The van der Waals surface area contributed by atoms with E-state index in [0.29, 0.717) is 11.8 Å². The number of hydrogen-bond donors (Lipinski definition) is 2. The summed E-state index contributed by atoms with van der Waals surface area (Å²) in [6.45, 7) is 10.6. The molecule has 0 fully saturated rings. The third kappa shape index (κ3) is 108. The zero-order valence-corrected chi connectivity index (χ0v) is 12.9. The van der Waals surface area contributed by atoms with Crippen LogP contribution in [0.1, 0.15) is 13.8 Å². The van der Waals surface area contributed by atoms with Crippen molar-refractivity contribution in [3.8, 4) is 0 Å². The van der Waals surface area contributed by atoms with Gasteiger partial charge in [0.2, 0.25) is 0 Å². The van der Waals surface area contributed by atoms with Crippen LogP contribution in [-0.2, 0) is 0 Å². The molecule has 0 radical (unpaired) electrons. The zero-order valence-electron chi connectivity index (χ0n) is 11.4. The minimum atomic E-state index is 0.0833. The van der Waals surface area contributed by atoms with E-state index < -0.39 is 0 Å². The lowest BCUT2D eigenvalue weighted by atomic mass is 10.6. The van der Waals surface area contributed by atoms with Crippen LogP contribution < -0.4 is 0 Å². The number of aliphatic hydroxyl groups is 2. The Morgan fingerprint density at radius 1 is 0.833 bits per heavy atom. The highest BCUT2D eigenvalue weighted by atomic mass is 35.5. The van der Waals surface area contributed by atoms with Gasteiger partial charge in [-0.3, -0.25) is 0 Å². The minimum Gasteiger partial charge on any atom is -0.392 e. The quantitative estimate of drug-likeness (QED) is 0.609. The number of hydrogen-bond acceptors (Lipinski definition) is 2. The predicted molar refractivity (Wildman–Crippen MR) is 85.6 cm³/mol. The number of aliphatic hydroxyl groups excluding tert-OH is 2. The van der Waals surface area contributed by atoms with Crippen LogP contribution in [0.2, 0.25) is 0 Å². The Kier molecular flexibility index (Phi) is 63.8. The second kappa shape index (κ2) is 44.0. The third-order valence-electron chi connectivity index (χ3n) is 0.904. The molecule has 4 heteroatoms. The van der Waals surface area contributed by atoms with Crippen LogP contribution in [0.5, 0.6) is 0 Å². The fourth-order valence-corrected chi connectivity index (χ4v) is 0.373. The number of alkyl halides is 2. The molecule has 0 atom stereocenters. The summed E-state index contributed by atoms with van der Waals surface area (Å²) in [5.41, 5.74) is 0. The molecule has 0 rings (SSSR count). The Balaban J connectivity index is -0.0000000731. The number of halogens is 2. The van der Waals surface area contributed by atoms with E-state index in [1.807, 2.05) is 26.0 Å². The van der Waals surface area contributed by atoms with Crippen LogP contribution in [0.15, 0.2) is 49.6 Å². The Hall–Kier alpha value is -0.540. The highest BCUT2D eigenvalue weighted by Gasteiger charge is 1.54. The first kappa shape index (κ1) is 26.1. The fraction of sp³-hybridized carbons (Fsp3) is 0.429. The largest absolute Gasteiger partial charge is 0.392 e. The van der Waals surface area contributed by atoms with E-state index in [-0.39, 0.29) is 13.2 Å². The predicted octanol–water partition coefficient (Wildman–Crippen LogP) is 3.93. The van der Waals surface area contributed by atoms with Crippen molar-refractivity contribution < 1.29 is 10.2 Å². The molecule has 0 aliphatic rings. The molecule has 2 N–H and O–H groups in total. The van der Waals surface area contributed by atoms with Gasteiger partial charge < -0.3 is 10.2 Å².